The SMILES string of the molecule is CC[C@H](C)NC(=O)[C@@H](C)N(Cc1ccc(OC)cc1)C(=O)CN(c1ccc(Oc2ccccc2)cc1)S(=O)(=O)c1ccc(C)cc1. The number of anilines is 1. The standard InChI is InChI=1S/C36H41N3O6S/c1-6-27(3)37-36(41)28(4)38(24-29-14-18-31(44-5)19-15-29)35(40)25-39(46(42,43)34-22-12-26(2)13-23-34)30-16-20-33(21-17-30)45-32-10-8-7-9-11-32/h7-23,27-28H,6,24-25H2,1-5H3,(H,37,41)/t27-,28+/m0/s1. The first-order valence-electron chi connectivity index (χ1n) is 15.2. The molecule has 0 bridgehead atoms. The number of carbonyl (C=O) groups is 2. The van der Waals surface area contributed by atoms with Crippen molar-refractivity contribution in [2.24, 2.45) is 0 Å². The van der Waals surface area contributed by atoms with Gasteiger partial charge in [-0.25, -0.2) is 8.42 Å². The van der Waals surface area contributed by atoms with Crippen LogP contribution in [0.2, 0.25) is 0 Å². The van der Waals surface area contributed by atoms with Gasteiger partial charge in [-0.2, -0.15) is 0 Å². The zero-order valence-electron chi connectivity index (χ0n) is 26.8. The van der Waals surface area contributed by atoms with E-state index in [4.69, 9.17) is 9.47 Å². The zero-order chi connectivity index (χ0) is 33.3. The Kier molecular flexibility index (Phi) is 11.4. The van der Waals surface area contributed by atoms with E-state index in [1.807, 2.05) is 63.2 Å². The number of amides is 2. The van der Waals surface area contributed by atoms with Crippen LogP contribution in [0.5, 0.6) is 17.2 Å². The monoisotopic (exact) mass is 643 g/mol. The summed E-state index contributed by atoms with van der Waals surface area (Å²) >= 11 is 0. The second kappa shape index (κ2) is 15.4. The molecule has 4 aromatic carbocycles. The average Bonchev–Trinajstić information content (AvgIpc) is 3.07. The molecule has 0 unspecified atom stereocenters. The lowest BCUT2D eigenvalue weighted by Gasteiger charge is -2.32. The van der Waals surface area contributed by atoms with Gasteiger partial charge in [0, 0.05) is 12.6 Å². The molecule has 2 atom stereocenters. The summed E-state index contributed by atoms with van der Waals surface area (Å²) in [6, 6.07) is 28.4. The van der Waals surface area contributed by atoms with E-state index in [-0.39, 0.29) is 29.1 Å². The number of benzene rings is 4. The molecule has 0 heterocycles. The summed E-state index contributed by atoms with van der Waals surface area (Å²) in [5, 5.41) is 2.94. The van der Waals surface area contributed by atoms with Gasteiger partial charge < -0.3 is 19.7 Å². The van der Waals surface area contributed by atoms with Gasteiger partial charge in [-0.15, -0.1) is 0 Å². The van der Waals surface area contributed by atoms with Crippen molar-refractivity contribution in [2.45, 2.75) is 57.6 Å². The maximum Gasteiger partial charge on any atom is 0.264 e. The number of nitrogens with one attached hydrogen (secondary N) is 1. The van der Waals surface area contributed by atoms with Gasteiger partial charge in [0.15, 0.2) is 0 Å². The van der Waals surface area contributed by atoms with Crippen LogP contribution in [-0.4, -0.2) is 50.9 Å². The number of ether oxygens (including phenoxy) is 2. The van der Waals surface area contributed by atoms with Crippen LogP contribution in [0.4, 0.5) is 5.69 Å². The lowest BCUT2D eigenvalue weighted by Crippen LogP contribution is -2.52. The van der Waals surface area contributed by atoms with Gasteiger partial charge in [0.25, 0.3) is 10.0 Å². The molecule has 46 heavy (non-hydrogen) atoms. The molecule has 0 saturated carbocycles. The Bertz CT molecular complexity index is 1690. The molecule has 4 rings (SSSR count). The van der Waals surface area contributed by atoms with Crippen LogP contribution in [0.15, 0.2) is 108 Å². The van der Waals surface area contributed by atoms with E-state index in [0.717, 1.165) is 21.9 Å². The number of hydrogen-bond acceptors (Lipinski definition) is 6. The highest BCUT2D eigenvalue weighted by molar-refractivity contribution is 7.92. The zero-order valence-corrected chi connectivity index (χ0v) is 27.7. The van der Waals surface area contributed by atoms with Crippen LogP contribution >= 0.6 is 0 Å². The molecule has 0 aliphatic rings. The fraction of sp³-hybridized carbons (Fsp3) is 0.278. The van der Waals surface area contributed by atoms with Crippen LogP contribution in [0.25, 0.3) is 0 Å². The lowest BCUT2D eigenvalue weighted by atomic mass is 10.1. The summed E-state index contributed by atoms with van der Waals surface area (Å²) in [6.07, 6.45) is 0.720. The van der Waals surface area contributed by atoms with Crippen LogP contribution in [-0.2, 0) is 26.2 Å². The van der Waals surface area contributed by atoms with Crippen molar-refractivity contribution in [3.05, 3.63) is 114 Å². The van der Waals surface area contributed by atoms with Gasteiger partial charge in [-0.05, 0) is 93.4 Å². The molecule has 0 aliphatic heterocycles. The number of sulfonamides is 1. The third kappa shape index (κ3) is 8.66. The molecule has 0 saturated heterocycles. The van der Waals surface area contributed by atoms with Crippen molar-refractivity contribution in [3.8, 4) is 17.2 Å². The maximum atomic E-state index is 14.2. The third-order valence-corrected chi connectivity index (χ3v) is 9.46. The minimum absolute atomic E-state index is 0.0415. The Balaban J connectivity index is 1.70. The third-order valence-electron chi connectivity index (χ3n) is 7.67. The number of hydrogen-bond donors (Lipinski definition) is 1. The quantitative estimate of drug-likeness (QED) is 0.172. The molecule has 10 heteroatoms. The molecule has 2 amide bonds. The highest BCUT2D eigenvalue weighted by Gasteiger charge is 2.33. The number of rotatable bonds is 14. The van der Waals surface area contributed by atoms with Crippen LogP contribution < -0.4 is 19.1 Å². The van der Waals surface area contributed by atoms with E-state index in [0.29, 0.717) is 17.2 Å². The van der Waals surface area contributed by atoms with E-state index in [1.54, 1.807) is 62.6 Å². The molecule has 0 radical (unpaired) electrons. The second-order valence-electron chi connectivity index (χ2n) is 11.1. The van der Waals surface area contributed by atoms with Crippen molar-refractivity contribution in [1.82, 2.24) is 10.2 Å². The molecule has 4 aromatic rings. The van der Waals surface area contributed by atoms with Gasteiger partial charge in [0.1, 0.15) is 29.8 Å². The lowest BCUT2D eigenvalue weighted by molar-refractivity contribution is -0.139. The highest BCUT2D eigenvalue weighted by atomic mass is 32.2. The number of carbonyl (C=O) groups excluding carboxylic acids is 2. The predicted molar refractivity (Wildman–Crippen MR) is 180 cm³/mol. The minimum Gasteiger partial charge on any atom is -0.497 e. The molecule has 9 nitrogen and oxygen atoms in total. The summed E-state index contributed by atoms with van der Waals surface area (Å²) in [5.74, 6) is 0.924. The predicted octanol–water partition coefficient (Wildman–Crippen LogP) is 6.32. The van der Waals surface area contributed by atoms with Gasteiger partial charge in [-0.1, -0.05) is 55.0 Å². The van der Waals surface area contributed by atoms with E-state index < -0.39 is 28.5 Å². The second-order valence-corrected chi connectivity index (χ2v) is 13.0. The Hall–Kier alpha value is -4.83. The maximum absolute atomic E-state index is 14.2. The first-order chi connectivity index (χ1) is 22.0. The number of para-hydroxylation sites is 1. The summed E-state index contributed by atoms with van der Waals surface area (Å²) in [7, 11) is -2.63. The van der Waals surface area contributed by atoms with E-state index in [2.05, 4.69) is 5.32 Å². The van der Waals surface area contributed by atoms with Gasteiger partial charge in [-0.3, -0.25) is 13.9 Å². The molecule has 0 aliphatic carbocycles. The van der Waals surface area contributed by atoms with E-state index in [1.165, 1.54) is 17.0 Å². The number of methoxy groups -OCH3 is 1. The van der Waals surface area contributed by atoms with Gasteiger partial charge in [0.2, 0.25) is 11.8 Å². The summed E-state index contributed by atoms with van der Waals surface area (Å²) in [6.45, 7) is 6.91. The Morgan fingerprint density at radius 1 is 0.804 bits per heavy atom. The van der Waals surface area contributed by atoms with Crippen LogP contribution in [0.1, 0.15) is 38.3 Å². The molecule has 1 N–H and O–H groups in total. The van der Waals surface area contributed by atoms with Crippen molar-refractivity contribution in [3.63, 3.8) is 0 Å². The molecular weight excluding hydrogens is 602 g/mol. The smallest absolute Gasteiger partial charge is 0.264 e. The first-order valence-corrected chi connectivity index (χ1v) is 16.6. The largest absolute Gasteiger partial charge is 0.497 e. The Morgan fingerprint density at radius 3 is 1.98 bits per heavy atom. The minimum atomic E-state index is -4.19. The summed E-state index contributed by atoms with van der Waals surface area (Å²) in [4.78, 5) is 28.9. The normalized spacial score (nSPS) is 12.5. The van der Waals surface area contributed by atoms with E-state index in [9.17, 15) is 18.0 Å². The highest BCUT2D eigenvalue weighted by Crippen LogP contribution is 2.29. The van der Waals surface area contributed by atoms with Crippen LogP contribution in [0.3, 0.4) is 0 Å². The van der Waals surface area contributed by atoms with Crippen LogP contribution in [0, 0.1) is 6.92 Å². The van der Waals surface area contributed by atoms with Crippen molar-refractivity contribution < 1.29 is 27.5 Å². The van der Waals surface area contributed by atoms with E-state index >= 15 is 0 Å². The Morgan fingerprint density at radius 2 is 1.39 bits per heavy atom. The first kappa shape index (κ1) is 34.1. The fourth-order valence-corrected chi connectivity index (χ4v) is 6.06. The Labute approximate surface area is 271 Å². The van der Waals surface area contributed by atoms with Gasteiger partial charge >= 0.3 is 0 Å². The molecule has 242 valence electrons. The molecule has 0 aromatic heterocycles. The van der Waals surface area contributed by atoms with Crippen molar-refractivity contribution in [2.75, 3.05) is 18.0 Å². The number of nitrogens with zero attached hydrogens (tertiary/aromatic N) is 2. The fourth-order valence-electron chi connectivity index (χ4n) is 4.65. The average molecular weight is 644 g/mol. The summed E-state index contributed by atoms with van der Waals surface area (Å²) in [5.41, 5.74) is 1.93. The topological polar surface area (TPSA) is 105 Å². The molecule has 0 fully saturated rings. The molecule has 0 spiro atoms. The van der Waals surface area contributed by atoms with Gasteiger partial charge in [0.05, 0.1) is 17.7 Å². The molecular formula is C36H41N3O6S. The summed E-state index contributed by atoms with van der Waals surface area (Å²) < 4.78 is 40.5. The number of aryl methyl sites for hydroxylation is 1. The van der Waals surface area contributed by atoms with Crippen molar-refractivity contribution >= 4 is 27.5 Å². The van der Waals surface area contributed by atoms with Crippen molar-refractivity contribution in [1.29, 1.82) is 0 Å².